The highest BCUT2D eigenvalue weighted by Gasteiger charge is 2.28. The minimum atomic E-state index is 0.630. The highest BCUT2D eigenvalue weighted by molar-refractivity contribution is 6.17. The van der Waals surface area contributed by atoms with Crippen LogP contribution in [0.1, 0.15) is 36.8 Å². The molecule has 1 atom stereocenters. The highest BCUT2D eigenvalue weighted by Crippen LogP contribution is 2.42. The van der Waals surface area contributed by atoms with Crippen LogP contribution < -0.4 is 0 Å². The molecule has 13 heavy (non-hydrogen) atoms. The summed E-state index contributed by atoms with van der Waals surface area (Å²) in [7, 11) is 0. The fraction of sp³-hybridized carbons (Fsp3) is 0.500. The van der Waals surface area contributed by atoms with E-state index in [1.807, 2.05) is 0 Å². The first-order valence-electron chi connectivity index (χ1n) is 4.96. The van der Waals surface area contributed by atoms with Gasteiger partial charge in [0.25, 0.3) is 0 Å². The normalized spacial score (nSPS) is 18.6. The molecule has 1 aliphatic rings. The van der Waals surface area contributed by atoms with E-state index in [0.29, 0.717) is 5.88 Å². The Labute approximate surface area is 84.9 Å². The number of alkyl halides is 1. The van der Waals surface area contributed by atoms with Crippen molar-refractivity contribution in [1.29, 1.82) is 0 Å². The first-order valence-corrected chi connectivity index (χ1v) is 5.49. The van der Waals surface area contributed by atoms with Crippen molar-refractivity contribution in [3.8, 4) is 0 Å². The lowest BCUT2D eigenvalue weighted by atomic mass is 9.95. The average molecular weight is 195 g/mol. The van der Waals surface area contributed by atoms with Crippen LogP contribution in [-0.2, 0) is 5.88 Å². The van der Waals surface area contributed by atoms with Crippen molar-refractivity contribution in [1.82, 2.24) is 0 Å². The van der Waals surface area contributed by atoms with Crippen molar-refractivity contribution < 1.29 is 0 Å². The Morgan fingerprint density at radius 1 is 1.46 bits per heavy atom. The van der Waals surface area contributed by atoms with Gasteiger partial charge in [0.05, 0.1) is 0 Å². The van der Waals surface area contributed by atoms with Gasteiger partial charge in [-0.05, 0) is 35.8 Å². The predicted octanol–water partition coefficient (Wildman–Crippen LogP) is 3.94. The van der Waals surface area contributed by atoms with Gasteiger partial charge in [0.2, 0.25) is 0 Å². The molecule has 1 fully saturated rings. The maximum Gasteiger partial charge on any atom is 0.0474 e. The number of hydrogen-bond acceptors (Lipinski definition) is 0. The zero-order valence-electron chi connectivity index (χ0n) is 7.96. The molecule has 70 valence electrons. The van der Waals surface area contributed by atoms with Crippen LogP contribution in [0.4, 0.5) is 0 Å². The standard InChI is InChI=1S/C12H15Cl/c1-9(11-5-6-11)12-4-2-3-10(7-12)8-13/h2-4,7,9,11H,5-6,8H2,1H3/t9-/m0/s1. The molecule has 0 saturated heterocycles. The quantitative estimate of drug-likeness (QED) is 0.640. The first-order chi connectivity index (χ1) is 6.31. The summed E-state index contributed by atoms with van der Waals surface area (Å²) >= 11 is 5.80. The van der Waals surface area contributed by atoms with Crippen molar-refractivity contribution in [2.24, 2.45) is 5.92 Å². The summed E-state index contributed by atoms with van der Waals surface area (Å²) in [5.74, 6) is 2.29. The Bertz CT molecular complexity index is 289. The molecule has 1 aromatic rings. The third kappa shape index (κ3) is 2.05. The molecule has 0 nitrogen and oxygen atoms in total. The second-order valence-corrected chi connectivity index (χ2v) is 4.27. The molecule has 0 amide bonds. The largest absolute Gasteiger partial charge is 0.122 e. The number of benzene rings is 1. The van der Waals surface area contributed by atoms with Gasteiger partial charge < -0.3 is 0 Å². The van der Waals surface area contributed by atoms with E-state index in [9.17, 15) is 0 Å². The summed E-state index contributed by atoms with van der Waals surface area (Å²) in [6.45, 7) is 2.32. The van der Waals surface area contributed by atoms with Crippen molar-refractivity contribution in [3.63, 3.8) is 0 Å². The molecule has 0 radical (unpaired) electrons. The van der Waals surface area contributed by atoms with Crippen molar-refractivity contribution in [3.05, 3.63) is 35.4 Å². The van der Waals surface area contributed by atoms with Crippen molar-refractivity contribution in [2.45, 2.75) is 31.6 Å². The lowest BCUT2D eigenvalue weighted by molar-refractivity contribution is 0.663. The Morgan fingerprint density at radius 3 is 2.85 bits per heavy atom. The van der Waals surface area contributed by atoms with E-state index in [1.54, 1.807) is 0 Å². The van der Waals surface area contributed by atoms with Gasteiger partial charge in [0.15, 0.2) is 0 Å². The second-order valence-electron chi connectivity index (χ2n) is 4.00. The maximum atomic E-state index is 5.80. The fourth-order valence-corrected chi connectivity index (χ4v) is 1.99. The molecule has 0 aromatic heterocycles. The van der Waals surface area contributed by atoms with Gasteiger partial charge in [-0.25, -0.2) is 0 Å². The molecule has 2 rings (SSSR count). The molecule has 0 heterocycles. The van der Waals surface area contributed by atoms with Crippen molar-refractivity contribution in [2.75, 3.05) is 0 Å². The van der Waals surface area contributed by atoms with E-state index >= 15 is 0 Å². The Balaban J connectivity index is 2.18. The molecule has 1 saturated carbocycles. The molecule has 1 heteroatoms. The zero-order valence-corrected chi connectivity index (χ0v) is 8.72. The SMILES string of the molecule is C[C@H](c1cccc(CCl)c1)C1CC1. The van der Waals surface area contributed by atoms with Gasteiger partial charge in [-0.3, -0.25) is 0 Å². The van der Waals surface area contributed by atoms with Gasteiger partial charge >= 0.3 is 0 Å². The summed E-state index contributed by atoms with van der Waals surface area (Å²) < 4.78 is 0. The molecular weight excluding hydrogens is 180 g/mol. The third-order valence-corrected chi connectivity index (χ3v) is 3.27. The third-order valence-electron chi connectivity index (χ3n) is 2.96. The zero-order chi connectivity index (χ0) is 9.26. The molecule has 1 aromatic carbocycles. The minimum Gasteiger partial charge on any atom is -0.122 e. The second kappa shape index (κ2) is 3.71. The minimum absolute atomic E-state index is 0.630. The predicted molar refractivity (Wildman–Crippen MR) is 57.1 cm³/mol. The molecular formula is C12H15Cl. The summed E-state index contributed by atoms with van der Waals surface area (Å²) in [4.78, 5) is 0. The van der Waals surface area contributed by atoms with Gasteiger partial charge in [-0.2, -0.15) is 0 Å². The van der Waals surface area contributed by atoms with Gasteiger partial charge in [-0.15, -0.1) is 11.6 Å². The molecule has 0 unspecified atom stereocenters. The fourth-order valence-electron chi connectivity index (χ4n) is 1.83. The molecule has 0 aliphatic heterocycles. The van der Waals surface area contributed by atoms with Crippen LogP contribution in [0.5, 0.6) is 0 Å². The number of halogens is 1. The average Bonchev–Trinajstić information content (AvgIpc) is 3.00. The van der Waals surface area contributed by atoms with Gasteiger partial charge in [0, 0.05) is 5.88 Å². The van der Waals surface area contributed by atoms with E-state index in [0.717, 1.165) is 11.8 Å². The summed E-state index contributed by atoms with van der Waals surface area (Å²) in [5.41, 5.74) is 2.70. The number of hydrogen-bond donors (Lipinski definition) is 0. The summed E-state index contributed by atoms with van der Waals surface area (Å²) in [6.07, 6.45) is 2.82. The van der Waals surface area contributed by atoms with Crippen LogP contribution in [0.2, 0.25) is 0 Å². The summed E-state index contributed by atoms with van der Waals surface area (Å²) in [5, 5.41) is 0. The van der Waals surface area contributed by atoms with Crippen LogP contribution in [0.25, 0.3) is 0 Å². The van der Waals surface area contributed by atoms with Crippen LogP contribution >= 0.6 is 11.6 Å². The summed E-state index contributed by atoms with van der Waals surface area (Å²) in [6, 6.07) is 8.68. The first kappa shape index (κ1) is 9.08. The topological polar surface area (TPSA) is 0 Å². The van der Waals surface area contributed by atoms with E-state index in [2.05, 4.69) is 31.2 Å². The van der Waals surface area contributed by atoms with Gasteiger partial charge in [-0.1, -0.05) is 31.2 Å². The highest BCUT2D eigenvalue weighted by atomic mass is 35.5. The Hall–Kier alpha value is -0.490. The molecule has 0 spiro atoms. The molecule has 0 bridgehead atoms. The lowest BCUT2D eigenvalue weighted by Gasteiger charge is -2.10. The number of rotatable bonds is 3. The Morgan fingerprint density at radius 2 is 2.23 bits per heavy atom. The lowest BCUT2D eigenvalue weighted by Crippen LogP contribution is -1.95. The molecule has 0 N–H and O–H groups in total. The maximum absolute atomic E-state index is 5.80. The van der Waals surface area contributed by atoms with E-state index in [1.165, 1.54) is 24.0 Å². The van der Waals surface area contributed by atoms with E-state index in [-0.39, 0.29) is 0 Å². The van der Waals surface area contributed by atoms with Crippen LogP contribution in [-0.4, -0.2) is 0 Å². The van der Waals surface area contributed by atoms with E-state index < -0.39 is 0 Å². The smallest absolute Gasteiger partial charge is 0.0474 e. The van der Waals surface area contributed by atoms with Crippen molar-refractivity contribution >= 4 is 11.6 Å². The van der Waals surface area contributed by atoms with Gasteiger partial charge in [0.1, 0.15) is 0 Å². The van der Waals surface area contributed by atoms with E-state index in [4.69, 9.17) is 11.6 Å². The van der Waals surface area contributed by atoms with Crippen LogP contribution in [0, 0.1) is 5.92 Å². The molecule has 1 aliphatic carbocycles. The Kier molecular flexibility index (Phi) is 2.59. The van der Waals surface area contributed by atoms with Crippen LogP contribution in [0.15, 0.2) is 24.3 Å². The van der Waals surface area contributed by atoms with Crippen LogP contribution in [0.3, 0.4) is 0 Å². The monoisotopic (exact) mass is 194 g/mol.